The summed E-state index contributed by atoms with van der Waals surface area (Å²) in [7, 11) is 0. The Bertz CT molecular complexity index is 1220. The minimum Gasteiger partial charge on any atom is -0.490 e. The summed E-state index contributed by atoms with van der Waals surface area (Å²) in [5, 5.41) is 4.80. The number of halogens is 2. The van der Waals surface area contributed by atoms with Gasteiger partial charge in [-0.3, -0.25) is 4.79 Å². The molecule has 1 aliphatic rings. The number of ether oxygens (including phenoxy) is 3. The Morgan fingerprint density at radius 2 is 1.89 bits per heavy atom. The fourth-order valence-electron chi connectivity index (χ4n) is 3.48. The smallest absolute Gasteiger partial charge is 0.309 e. The van der Waals surface area contributed by atoms with Crippen LogP contribution in [0.25, 0.3) is 22.8 Å². The lowest BCUT2D eigenvalue weighted by Gasteiger charge is -2.35. The van der Waals surface area contributed by atoms with Gasteiger partial charge in [0.25, 0.3) is 5.89 Å². The predicted molar refractivity (Wildman–Crippen MR) is 132 cm³/mol. The number of esters is 1. The van der Waals surface area contributed by atoms with Crippen LogP contribution in [-0.2, 0) is 9.53 Å². The van der Waals surface area contributed by atoms with Gasteiger partial charge in [0.1, 0.15) is 22.5 Å². The van der Waals surface area contributed by atoms with Gasteiger partial charge in [-0.25, -0.2) is 4.98 Å². The summed E-state index contributed by atoms with van der Waals surface area (Å²) in [6, 6.07) is 6.91. The molecular weight excluding hydrogens is 493 g/mol. The maximum absolute atomic E-state index is 12.1. The number of hydrogen-bond donors (Lipinski definition) is 0. The molecule has 1 aromatic carbocycles. The molecule has 3 aromatic rings. The van der Waals surface area contributed by atoms with Crippen LogP contribution in [-0.4, -0.2) is 38.9 Å². The van der Waals surface area contributed by atoms with Crippen molar-refractivity contribution >= 4 is 29.2 Å². The highest BCUT2D eigenvalue weighted by atomic mass is 35.5. The molecule has 8 nitrogen and oxygen atoms in total. The summed E-state index contributed by atoms with van der Waals surface area (Å²) in [4.78, 5) is 20.8. The monoisotopic (exact) mass is 519 g/mol. The highest BCUT2D eigenvalue weighted by molar-refractivity contribution is 6.33. The Labute approximate surface area is 213 Å². The van der Waals surface area contributed by atoms with E-state index in [2.05, 4.69) is 15.1 Å². The number of rotatable bonds is 7. The summed E-state index contributed by atoms with van der Waals surface area (Å²) in [5.41, 5.74) is 0.661. The number of hydrogen-bond acceptors (Lipinski definition) is 8. The second-order valence-electron chi connectivity index (χ2n) is 9.68. The van der Waals surface area contributed by atoms with Gasteiger partial charge in [-0.1, -0.05) is 28.4 Å². The Kier molecular flexibility index (Phi) is 7.24. The van der Waals surface area contributed by atoms with Gasteiger partial charge in [0, 0.05) is 11.8 Å². The lowest BCUT2D eigenvalue weighted by molar-refractivity contribution is -0.166. The highest BCUT2D eigenvalue weighted by Gasteiger charge is 2.38. The van der Waals surface area contributed by atoms with Crippen LogP contribution >= 0.6 is 23.2 Å². The minimum absolute atomic E-state index is 0.0503. The first-order chi connectivity index (χ1) is 16.5. The molecule has 10 heteroatoms. The SMILES string of the molecule is CC(C)Oc1ncc(-c2nc(-c3ccc(OC4CC(C(=O)OC(C)(C)C)C4)cc3Cl)no2)cc1Cl. The lowest BCUT2D eigenvalue weighted by Crippen LogP contribution is -2.41. The third-order valence-corrected chi connectivity index (χ3v) is 5.73. The van der Waals surface area contributed by atoms with E-state index in [4.69, 9.17) is 41.9 Å². The van der Waals surface area contributed by atoms with Crippen LogP contribution in [0, 0.1) is 5.92 Å². The Hall–Kier alpha value is -2.84. The molecule has 1 aliphatic carbocycles. The summed E-state index contributed by atoms with van der Waals surface area (Å²) in [6.45, 7) is 9.36. The predicted octanol–water partition coefficient (Wildman–Crippen LogP) is 6.39. The first-order valence-corrected chi connectivity index (χ1v) is 12.1. The number of aromatic nitrogens is 3. The lowest BCUT2D eigenvalue weighted by atomic mass is 9.82. The zero-order chi connectivity index (χ0) is 25.3. The number of carbonyl (C=O) groups excluding carboxylic acids is 1. The summed E-state index contributed by atoms with van der Waals surface area (Å²) < 4.78 is 22.3. The Morgan fingerprint density at radius 3 is 2.51 bits per heavy atom. The van der Waals surface area contributed by atoms with Crippen molar-refractivity contribution in [2.45, 2.75) is 65.3 Å². The van der Waals surface area contributed by atoms with Crippen molar-refractivity contribution in [3.8, 4) is 34.5 Å². The molecule has 0 atom stereocenters. The molecule has 0 unspecified atom stereocenters. The zero-order valence-electron chi connectivity index (χ0n) is 20.2. The van der Waals surface area contributed by atoms with Crippen molar-refractivity contribution in [2.24, 2.45) is 5.92 Å². The molecule has 0 N–H and O–H groups in total. The zero-order valence-corrected chi connectivity index (χ0v) is 21.7. The van der Waals surface area contributed by atoms with E-state index in [9.17, 15) is 4.79 Å². The van der Waals surface area contributed by atoms with E-state index in [0.29, 0.717) is 51.5 Å². The molecule has 0 saturated heterocycles. The Balaban J connectivity index is 1.39. The molecule has 0 aliphatic heterocycles. The standard InChI is InChI=1S/C25H27Cl2N3O5/c1-13(2)32-23-20(27)10-15(12-28-23)22-29-21(30-35-22)18-7-6-16(11-19(18)26)33-17-8-14(9-17)24(31)34-25(3,4)5/h6-7,10-14,17H,8-9H2,1-5H3. The fraction of sp³-hybridized carbons (Fsp3) is 0.440. The summed E-state index contributed by atoms with van der Waals surface area (Å²) in [5.74, 6) is 1.20. The van der Waals surface area contributed by atoms with E-state index < -0.39 is 5.60 Å². The van der Waals surface area contributed by atoms with Crippen LogP contribution in [0.5, 0.6) is 11.6 Å². The average Bonchev–Trinajstić information content (AvgIpc) is 3.20. The quantitative estimate of drug-likeness (QED) is 0.331. The second-order valence-corrected chi connectivity index (χ2v) is 10.5. The van der Waals surface area contributed by atoms with Crippen molar-refractivity contribution < 1.29 is 23.5 Å². The maximum atomic E-state index is 12.1. The minimum atomic E-state index is -0.490. The highest BCUT2D eigenvalue weighted by Crippen LogP contribution is 2.36. The van der Waals surface area contributed by atoms with Crippen LogP contribution in [0.4, 0.5) is 0 Å². The van der Waals surface area contributed by atoms with Gasteiger partial charge >= 0.3 is 5.97 Å². The van der Waals surface area contributed by atoms with Crippen molar-refractivity contribution in [1.82, 2.24) is 15.1 Å². The molecular formula is C25H27Cl2N3O5. The summed E-state index contributed by atoms with van der Waals surface area (Å²) in [6.07, 6.45) is 2.67. The van der Waals surface area contributed by atoms with Gasteiger partial charge in [-0.2, -0.15) is 4.98 Å². The Morgan fingerprint density at radius 1 is 1.14 bits per heavy atom. The first kappa shape index (κ1) is 25.3. The van der Waals surface area contributed by atoms with E-state index in [1.807, 2.05) is 34.6 Å². The van der Waals surface area contributed by atoms with Crippen molar-refractivity contribution in [2.75, 3.05) is 0 Å². The molecule has 186 valence electrons. The van der Waals surface area contributed by atoms with E-state index in [1.165, 1.54) is 0 Å². The molecule has 1 fully saturated rings. The molecule has 2 aromatic heterocycles. The van der Waals surface area contributed by atoms with Crippen molar-refractivity contribution in [3.63, 3.8) is 0 Å². The molecule has 4 rings (SSSR count). The van der Waals surface area contributed by atoms with Crippen LogP contribution < -0.4 is 9.47 Å². The van der Waals surface area contributed by atoms with Gasteiger partial charge in [-0.15, -0.1) is 0 Å². The normalized spacial score (nSPS) is 17.7. The average molecular weight is 520 g/mol. The van der Waals surface area contributed by atoms with Gasteiger partial charge in [-0.05, 0) is 71.7 Å². The van der Waals surface area contributed by atoms with Gasteiger partial charge in [0.2, 0.25) is 11.7 Å². The van der Waals surface area contributed by atoms with Crippen molar-refractivity contribution in [1.29, 1.82) is 0 Å². The van der Waals surface area contributed by atoms with Crippen LogP contribution in [0.15, 0.2) is 35.0 Å². The number of pyridine rings is 1. The van der Waals surface area contributed by atoms with E-state index in [1.54, 1.807) is 30.5 Å². The van der Waals surface area contributed by atoms with E-state index in [0.717, 1.165) is 0 Å². The van der Waals surface area contributed by atoms with Gasteiger partial charge < -0.3 is 18.7 Å². The molecule has 1 saturated carbocycles. The van der Waals surface area contributed by atoms with Gasteiger partial charge in [0.05, 0.1) is 22.6 Å². The van der Waals surface area contributed by atoms with E-state index in [-0.39, 0.29) is 30.0 Å². The number of carbonyl (C=O) groups is 1. The third kappa shape index (κ3) is 6.24. The van der Waals surface area contributed by atoms with Crippen LogP contribution in [0.3, 0.4) is 0 Å². The molecule has 0 amide bonds. The van der Waals surface area contributed by atoms with Crippen LogP contribution in [0.2, 0.25) is 10.0 Å². The number of nitrogens with zero attached hydrogens (tertiary/aromatic N) is 3. The van der Waals surface area contributed by atoms with Crippen molar-refractivity contribution in [3.05, 3.63) is 40.5 Å². The van der Waals surface area contributed by atoms with Gasteiger partial charge in [0.15, 0.2) is 0 Å². The van der Waals surface area contributed by atoms with E-state index >= 15 is 0 Å². The summed E-state index contributed by atoms with van der Waals surface area (Å²) >= 11 is 12.7. The molecule has 35 heavy (non-hydrogen) atoms. The number of benzene rings is 1. The second kappa shape index (κ2) is 10.0. The third-order valence-electron chi connectivity index (χ3n) is 5.15. The first-order valence-electron chi connectivity index (χ1n) is 11.3. The largest absolute Gasteiger partial charge is 0.490 e. The molecule has 0 bridgehead atoms. The maximum Gasteiger partial charge on any atom is 0.309 e. The molecule has 2 heterocycles. The molecule has 0 radical (unpaired) electrons. The topological polar surface area (TPSA) is 96.6 Å². The molecule has 0 spiro atoms. The van der Waals surface area contributed by atoms with Crippen LogP contribution in [0.1, 0.15) is 47.5 Å². The fourth-order valence-corrected chi connectivity index (χ4v) is 3.95.